The number of likely N-dealkylation sites (N-methyl/N-ethyl adjacent to an activating group) is 1. The van der Waals surface area contributed by atoms with Gasteiger partial charge in [0.2, 0.25) is 23.6 Å². The van der Waals surface area contributed by atoms with Gasteiger partial charge in [0.25, 0.3) is 0 Å². The van der Waals surface area contributed by atoms with Crippen LogP contribution < -0.4 is 10.6 Å². The molecular weight excluding hydrogens is 298 g/mol. The van der Waals surface area contributed by atoms with Crippen molar-refractivity contribution in [2.45, 2.75) is 52.0 Å². The number of imide groups is 1. The van der Waals surface area contributed by atoms with Crippen molar-refractivity contribution in [3.63, 3.8) is 0 Å². The Labute approximate surface area is 136 Å². The number of fused-ring (bicyclic) bond motifs is 1. The summed E-state index contributed by atoms with van der Waals surface area (Å²) in [5, 5.41) is 5.20. The molecule has 3 atom stereocenters. The number of likely N-dealkylation sites (tertiary alicyclic amines) is 1. The molecule has 128 valence electrons. The van der Waals surface area contributed by atoms with E-state index in [9.17, 15) is 19.2 Å². The van der Waals surface area contributed by atoms with Crippen molar-refractivity contribution >= 4 is 23.6 Å². The molecule has 4 amide bonds. The van der Waals surface area contributed by atoms with Crippen molar-refractivity contribution < 1.29 is 19.2 Å². The number of hydrogen-bond donors (Lipinski definition) is 2. The molecule has 2 N–H and O–H groups in total. The Morgan fingerprint density at radius 2 is 1.74 bits per heavy atom. The molecule has 1 aliphatic carbocycles. The number of amides is 4. The molecule has 1 saturated heterocycles. The van der Waals surface area contributed by atoms with Gasteiger partial charge in [-0.15, -0.1) is 0 Å². The lowest BCUT2D eigenvalue weighted by molar-refractivity contribution is -0.140. The summed E-state index contributed by atoms with van der Waals surface area (Å²) in [6.45, 7) is 4.00. The Bertz CT molecular complexity index is 482. The molecule has 3 unspecified atom stereocenters. The van der Waals surface area contributed by atoms with Gasteiger partial charge in [-0.3, -0.25) is 24.1 Å². The predicted octanol–water partition coefficient (Wildman–Crippen LogP) is 0.192. The minimum absolute atomic E-state index is 0.0284. The maximum Gasteiger partial charge on any atom is 0.242 e. The first-order valence-corrected chi connectivity index (χ1v) is 8.38. The van der Waals surface area contributed by atoms with Crippen LogP contribution in [0.3, 0.4) is 0 Å². The second-order valence-electron chi connectivity index (χ2n) is 6.26. The Balaban J connectivity index is 1.83. The first-order valence-electron chi connectivity index (χ1n) is 8.38. The number of carbonyl (C=O) groups is 4. The van der Waals surface area contributed by atoms with Crippen LogP contribution in [0.2, 0.25) is 0 Å². The molecule has 0 aromatic carbocycles. The predicted molar refractivity (Wildman–Crippen MR) is 83.1 cm³/mol. The van der Waals surface area contributed by atoms with E-state index in [0.29, 0.717) is 6.54 Å². The molecule has 1 saturated carbocycles. The SMILES string of the molecule is CCNC(=O)C(C)NC(=O)CCN1C(=O)C2CCCCC2C1=O. The van der Waals surface area contributed by atoms with Gasteiger partial charge >= 0.3 is 0 Å². The summed E-state index contributed by atoms with van der Waals surface area (Å²) in [6.07, 6.45) is 3.54. The van der Waals surface area contributed by atoms with E-state index in [2.05, 4.69) is 10.6 Å². The van der Waals surface area contributed by atoms with E-state index in [1.807, 2.05) is 0 Å². The summed E-state index contributed by atoms with van der Waals surface area (Å²) in [4.78, 5) is 49.3. The van der Waals surface area contributed by atoms with Crippen LogP contribution >= 0.6 is 0 Å². The van der Waals surface area contributed by atoms with E-state index < -0.39 is 6.04 Å². The van der Waals surface area contributed by atoms with E-state index in [-0.39, 0.29) is 48.4 Å². The molecule has 23 heavy (non-hydrogen) atoms. The van der Waals surface area contributed by atoms with Gasteiger partial charge in [-0.05, 0) is 26.7 Å². The summed E-state index contributed by atoms with van der Waals surface area (Å²) in [7, 11) is 0. The van der Waals surface area contributed by atoms with Crippen LogP contribution in [0.5, 0.6) is 0 Å². The molecular formula is C16H25N3O4. The first kappa shape index (κ1) is 17.4. The van der Waals surface area contributed by atoms with Crippen molar-refractivity contribution in [3.8, 4) is 0 Å². The quantitative estimate of drug-likeness (QED) is 0.682. The molecule has 0 aromatic rings. The average molecular weight is 323 g/mol. The number of rotatable bonds is 6. The summed E-state index contributed by atoms with van der Waals surface area (Å²) in [6, 6.07) is -0.630. The summed E-state index contributed by atoms with van der Waals surface area (Å²) in [5.41, 5.74) is 0. The van der Waals surface area contributed by atoms with Crippen LogP contribution in [-0.2, 0) is 19.2 Å². The summed E-state index contributed by atoms with van der Waals surface area (Å²) in [5.74, 6) is -1.23. The monoisotopic (exact) mass is 323 g/mol. The van der Waals surface area contributed by atoms with Gasteiger partial charge in [-0.1, -0.05) is 12.8 Å². The van der Waals surface area contributed by atoms with Gasteiger partial charge in [0.05, 0.1) is 11.8 Å². The molecule has 1 aliphatic heterocycles. The molecule has 0 bridgehead atoms. The highest BCUT2D eigenvalue weighted by Crippen LogP contribution is 2.37. The smallest absolute Gasteiger partial charge is 0.242 e. The van der Waals surface area contributed by atoms with Crippen LogP contribution in [0.4, 0.5) is 0 Å². The first-order chi connectivity index (χ1) is 11.0. The third-order valence-electron chi connectivity index (χ3n) is 4.62. The van der Waals surface area contributed by atoms with Gasteiger partial charge in [-0.25, -0.2) is 0 Å². The van der Waals surface area contributed by atoms with Gasteiger partial charge < -0.3 is 10.6 Å². The highest BCUT2D eigenvalue weighted by atomic mass is 16.2. The molecule has 2 aliphatic rings. The zero-order chi connectivity index (χ0) is 17.0. The van der Waals surface area contributed by atoms with Gasteiger partial charge in [-0.2, -0.15) is 0 Å². The normalized spacial score (nSPS) is 25.0. The van der Waals surface area contributed by atoms with E-state index in [1.54, 1.807) is 13.8 Å². The third-order valence-corrected chi connectivity index (χ3v) is 4.62. The molecule has 0 spiro atoms. The van der Waals surface area contributed by atoms with Crippen LogP contribution in [0.25, 0.3) is 0 Å². The molecule has 0 aromatic heterocycles. The van der Waals surface area contributed by atoms with Crippen molar-refractivity contribution in [2.75, 3.05) is 13.1 Å². The fraction of sp³-hybridized carbons (Fsp3) is 0.750. The van der Waals surface area contributed by atoms with Crippen LogP contribution in [0.15, 0.2) is 0 Å². The summed E-state index contributed by atoms with van der Waals surface area (Å²) >= 11 is 0. The molecule has 2 rings (SSSR count). The van der Waals surface area contributed by atoms with Crippen molar-refractivity contribution in [2.24, 2.45) is 11.8 Å². The second-order valence-corrected chi connectivity index (χ2v) is 6.26. The Kier molecular flexibility index (Phi) is 5.74. The number of hydrogen-bond acceptors (Lipinski definition) is 4. The van der Waals surface area contributed by atoms with E-state index in [1.165, 1.54) is 4.90 Å². The second kappa shape index (κ2) is 7.57. The molecule has 1 heterocycles. The van der Waals surface area contributed by atoms with Gasteiger partial charge in [0.15, 0.2) is 0 Å². The zero-order valence-corrected chi connectivity index (χ0v) is 13.8. The molecule has 2 fully saturated rings. The Morgan fingerprint density at radius 3 is 2.26 bits per heavy atom. The van der Waals surface area contributed by atoms with E-state index in [0.717, 1.165) is 25.7 Å². The minimum Gasteiger partial charge on any atom is -0.355 e. The maximum absolute atomic E-state index is 12.3. The van der Waals surface area contributed by atoms with Gasteiger partial charge in [0.1, 0.15) is 6.04 Å². The highest BCUT2D eigenvalue weighted by molar-refractivity contribution is 6.05. The largest absolute Gasteiger partial charge is 0.355 e. The fourth-order valence-corrected chi connectivity index (χ4v) is 3.37. The lowest BCUT2D eigenvalue weighted by atomic mass is 9.81. The van der Waals surface area contributed by atoms with Crippen molar-refractivity contribution in [1.82, 2.24) is 15.5 Å². The Hall–Kier alpha value is -1.92. The lowest BCUT2D eigenvalue weighted by Crippen LogP contribution is -2.45. The van der Waals surface area contributed by atoms with E-state index in [4.69, 9.17) is 0 Å². The summed E-state index contributed by atoms with van der Waals surface area (Å²) < 4.78 is 0. The maximum atomic E-state index is 12.3. The number of nitrogens with zero attached hydrogens (tertiary/aromatic N) is 1. The average Bonchev–Trinajstić information content (AvgIpc) is 2.77. The fourth-order valence-electron chi connectivity index (χ4n) is 3.37. The van der Waals surface area contributed by atoms with Crippen molar-refractivity contribution in [3.05, 3.63) is 0 Å². The number of nitrogens with one attached hydrogen (secondary N) is 2. The minimum atomic E-state index is -0.630. The van der Waals surface area contributed by atoms with Crippen LogP contribution in [0.1, 0.15) is 46.0 Å². The zero-order valence-electron chi connectivity index (χ0n) is 13.8. The number of carbonyl (C=O) groups excluding carboxylic acids is 4. The molecule has 0 radical (unpaired) electrons. The molecule has 7 heteroatoms. The van der Waals surface area contributed by atoms with Gasteiger partial charge in [0, 0.05) is 19.5 Å². The standard InChI is InChI=1S/C16H25N3O4/c1-3-17-14(21)10(2)18-13(20)8-9-19-15(22)11-6-4-5-7-12(11)16(19)23/h10-12H,3-9H2,1-2H3,(H,17,21)(H,18,20). The Morgan fingerprint density at radius 1 is 1.17 bits per heavy atom. The third kappa shape index (κ3) is 3.89. The lowest BCUT2D eigenvalue weighted by Gasteiger charge is -2.19. The van der Waals surface area contributed by atoms with Crippen molar-refractivity contribution in [1.29, 1.82) is 0 Å². The van der Waals surface area contributed by atoms with Crippen LogP contribution in [0, 0.1) is 11.8 Å². The highest BCUT2D eigenvalue weighted by Gasteiger charge is 2.47. The topological polar surface area (TPSA) is 95.6 Å². The van der Waals surface area contributed by atoms with Crippen LogP contribution in [-0.4, -0.2) is 47.7 Å². The molecule has 7 nitrogen and oxygen atoms in total. The van der Waals surface area contributed by atoms with E-state index >= 15 is 0 Å².